The highest BCUT2D eigenvalue weighted by Crippen LogP contribution is 2.41. The van der Waals surface area contributed by atoms with E-state index in [4.69, 9.17) is 9.47 Å². The van der Waals surface area contributed by atoms with Crippen LogP contribution in [-0.2, 0) is 10.0 Å². The topological polar surface area (TPSA) is 76.2 Å². The number of nitrogens with zero attached hydrogens (tertiary/aromatic N) is 2. The van der Waals surface area contributed by atoms with Gasteiger partial charge in [-0.1, -0.05) is 12.1 Å². The monoisotopic (exact) mass is 388 g/mol. The van der Waals surface area contributed by atoms with E-state index < -0.39 is 16.1 Å². The summed E-state index contributed by atoms with van der Waals surface area (Å²) in [5.41, 5.74) is 0.618. The quantitative estimate of drug-likeness (QED) is 0.786. The molecule has 142 valence electrons. The second kappa shape index (κ2) is 6.45. The zero-order chi connectivity index (χ0) is 19.2. The van der Waals surface area contributed by atoms with E-state index in [0.29, 0.717) is 29.6 Å². The highest BCUT2D eigenvalue weighted by molar-refractivity contribution is 7.94. The molecule has 0 bridgehead atoms. The molecule has 0 radical (unpaired) electrons. The minimum atomic E-state index is -4.05. The number of amides is 2. The van der Waals surface area contributed by atoms with Gasteiger partial charge in [0.05, 0.1) is 25.6 Å². The summed E-state index contributed by atoms with van der Waals surface area (Å²) in [6.45, 7) is 0.503. The van der Waals surface area contributed by atoms with Crippen LogP contribution < -0.4 is 18.7 Å². The van der Waals surface area contributed by atoms with Crippen LogP contribution in [0.4, 0.5) is 16.2 Å². The molecule has 1 aliphatic heterocycles. The Kier molecular flexibility index (Phi) is 4.22. The second-order valence-corrected chi connectivity index (χ2v) is 8.40. The van der Waals surface area contributed by atoms with Gasteiger partial charge in [-0.2, -0.15) is 4.31 Å². The average molecular weight is 388 g/mol. The minimum Gasteiger partial charge on any atom is -0.497 e. The zero-order valence-corrected chi connectivity index (χ0v) is 15.9. The van der Waals surface area contributed by atoms with Crippen molar-refractivity contribution in [3.05, 3.63) is 42.5 Å². The molecule has 8 heteroatoms. The Bertz CT molecular complexity index is 979. The molecule has 1 aliphatic carbocycles. The number of rotatable bonds is 5. The molecule has 0 aromatic heterocycles. The molecule has 2 aliphatic rings. The molecule has 0 unspecified atom stereocenters. The van der Waals surface area contributed by atoms with Crippen LogP contribution in [0.15, 0.2) is 47.4 Å². The van der Waals surface area contributed by atoms with Gasteiger partial charge >= 0.3 is 6.03 Å². The maximum Gasteiger partial charge on any atom is 0.343 e. The molecule has 1 fully saturated rings. The fourth-order valence-corrected chi connectivity index (χ4v) is 4.78. The molecule has 0 N–H and O–H groups in total. The van der Waals surface area contributed by atoms with E-state index in [0.717, 1.165) is 17.1 Å². The van der Waals surface area contributed by atoms with Crippen LogP contribution in [-0.4, -0.2) is 35.2 Å². The summed E-state index contributed by atoms with van der Waals surface area (Å²) in [6, 6.07) is 10.7. The highest BCUT2D eigenvalue weighted by atomic mass is 32.2. The van der Waals surface area contributed by atoms with Crippen molar-refractivity contribution in [3.63, 3.8) is 0 Å². The Labute approximate surface area is 158 Å². The van der Waals surface area contributed by atoms with Gasteiger partial charge in [0.1, 0.15) is 16.4 Å². The first-order valence-corrected chi connectivity index (χ1v) is 10.1. The van der Waals surface area contributed by atoms with E-state index in [1.807, 2.05) is 0 Å². The Hall–Kier alpha value is -2.74. The lowest BCUT2D eigenvalue weighted by molar-refractivity contribution is 0.253. The summed E-state index contributed by atoms with van der Waals surface area (Å²) in [4.78, 5) is 14.9. The number of hydrogen-bond donors (Lipinski definition) is 0. The van der Waals surface area contributed by atoms with Crippen LogP contribution >= 0.6 is 0 Å². The Morgan fingerprint density at radius 1 is 1.04 bits per heavy atom. The molecule has 0 saturated heterocycles. The molecule has 27 heavy (non-hydrogen) atoms. The van der Waals surface area contributed by atoms with E-state index in [1.54, 1.807) is 29.2 Å². The number of carbonyl (C=O) groups excluding carboxylic acids is 1. The number of benzene rings is 2. The van der Waals surface area contributed by atoms with Crippen LogP contribution in [0.1, 0.15) is 12.8 Å². The van der Waals surface area contributed by atoms with Crippen LogP contribution in [0.2, 0.25) is 0 Å². The number of hydrogen-bond acceptors (Lipinski definition) is 5. The Balaban J connectivity index is 1.89. The van der Waals surface area contributed by atoms with E-state index in [1.165, 1.54) is 32.4 Å². The number of fused-ring (bicyclic) bond motifs is 1. The number of ether oxygens (including phenoxy) is 2. The first kappa shape index (κ1) is 17.7. The van der Waals surface area contributed by atoms with E-state index in [9.17, 15) is 13.2 Å². The number of urea groups is 1. The van der Waals surface area contributed by atoms with Crippen molar-refractivity contribution in [2.75, 3.05) is 30.0 Å². The molecule has 1 saturated carbocycles. The first-order chi connectivity index (χ1) is 13.0. The summed E-state index contributed by atoms with van der Waals surface area (Å²) < 4.78 is 37.8. The predicted molar refractivity (Wildman–Crippen MR) is 101 cm³/mol. The third-order valence-electron chi connectivity index (χ3n) is 4.79. The lowest BCUT2D eigenvalue weighted by Gasteiger charge is -2.36. The Morgan fingerprint density at radius 3 is 2.26 bits per heavy atom. The van der Waals surface area contributed by atoms with Gasteiger partial charge in [0.15, 0.2) is 0 Å². The predicted octanol–water partition coefficient (Wildman–Crippen LogP) is 3.25. The van der Waals surface area contributed by atoms with Crippen molar-refractivity contribution in [1.29, 1.82) is 0 Å². The number of sulfonamides is 1. The Morgan fingerprint density at radius 2 is 1.67 bits per heavy atom. The van der Waals surface area contributed by atoms with Crippen molar-refractivity contribution >= 4 is 27.4 Å². The molecule has 7 nitrogen and oxygen atoms in total. The third kappa shape index (κ3) is 2.99. The van der Waals surface area contributed by atoms with Crippen molar-refractivity contribution in [3.8, 4) is 11.5 Å². The summed E-state index contributed by atoms with van der Waals surface area (Å²) in [5, 5.41) is 0. The average Bonchev–Trinajstić information content (AvgIpc) is 3.49. The van der Waals surface area contributed by atoms with Gasteiger partial charge in [-0.25, -0.2) is 13.2 Å². The maximum atomic E-state index is 13.3. The zero-order valence-electron chi connectivity index (χ0n) is 15.1. The molecule has 2 aromatic carbocycles. The number of methoxy groups -OCH3 is 2. The van der Waals surface area contributed by atoms with Crippen LogP contribution in [0, 0.1) is 5.92 Å². The summed E-state index contributed by atoms with van der Waals surface area (Å²) in [7, 11) is -1.11. The number of para-hydroxylation sites is 1. The third-order valence-corrected chi connectivity index (χ3v) is 6.54. The molecule has 4 rings (SSSR count). The van der Waals surface area contributed by atoms with Gasteiger partial charge in [-0.05, 0) is 30.9 Å². The van der Waals surface area contributed by atoms with E-state index >= 15 is 0 Å². The molecular weight excluding hydrogens is 368 g/mol. The largest absolute Gasteiger partial charge is 0.497 e. The van der Waals surface area contributed by atoms with E-state index in [2.05, 4.69) is 0 Å². The number of anilines is 2. The summed E-state index contributed by atoms with van der Waals surface area (Å²) >= 11 is 0. The van der Waals surface area contributed by atoms with Crippen molar-refractivity contribution in [1.82, 2.24) is 0 Å². The minimum absolute atomic E-state index is 0.118. The highest BCUT2D eigenvalue weighted by Gasteiger charge is 2.44. The van der Waals surface area contributed by atoms with Gasteiger partial charge in [0.25, 0.3) is 10.0 Å². The normalized spacial score (nSPS) is 18.2. The molecule has 2 aromatic rings. The molecule has 2 amide bonds. The SMILES string of the molecule is COc1cc(OC)cc(N2C(=O)N(CC3CC3)c3ccccc3S2(=O)=O)c1. The molecule has 0 atom stereocenters. The second-order valence-electron chi connectivity index (χ2n) is 6.64. The standard InChI is InChI=1S/C19H20N2O5S/c1-25-15-9-14(10-16(11-15)26-2)21-19(22)20(12-13-7-8-13)17-5-3-4-6-18(17)27(21,23)24/h3-6,9-11,13H,7-8,12H2,1-2H3. The fraction of sp³-hybridized carbons (Fsp3) is 0.316. The van der Waals surface area contributed by atoms with Gasteiger partial charge in [0, 0.05) is 24.7 Å². The van der Waals surface area contributed by atoms with Crippen LogP contribution in [0.3, 0.4) is 0 Å². The van der Waals surface area contributed by atoms with E-state index in [-0.39, 0.29) is 10.6 Å². The van der Waals surface area contributed by atoms with Gasteiger partial charge in [-0.3, -0.25) is 4.90 Å². The van der Waals surface area contributed by atoms with Gasteiger partial charge < -0.3 is 9.47 Å². The molecular formula is C19H20N2O5S. The lowest BCUT2D eigenvalue weighted by Crippen LogP contribution is -2.51. The number of carbonyl (C=O) groups is 1. The summed E-state index contributed by atoms with van der Waals surface area (Å²) in [5.74, 6) is 1.21. The lowest BCUT2D eigenvalue weighted by atomic mass is 10.2. The van der Waals surface area contributed by atoms with Crippen molar-refractivity contribution in [2.24, 2.45) is 5.92 Å². The molecule has 1 heterocycles. The van der Waals surface area contributed by atoms with Crippen molar-refractivity contribution in [2.45, 2.75) is 17.7 Å². The maximum absolute atomic E-state index is 13.3. The van der Waals surface area contributed by atoms with Gasteiger partial charge in [0.2, 0.25) is 0 Å². The summed E-state index contributed by atoms with van der Waals surface area (Å²) in [6.07, 6.45) is 2.09. The van der Waals surface area contributed by atoms with Gasteiger partial charge in [-0.15, -0.1) is 0 Å². The molecule has 0 spiro atoms. The first-order valence-electron chi connectivity index (χ1n) is 8.64. The van der Waals surface area contributed by atoms with Crippen LogP contribution in [0.25, 0.3) is 0 Å². The fourth-order valence-electron chi connectivity index (χ4n) is 3.21. The van der Waals surface area contributed by atoms with Crippen molar-refractivity contribution < 1.29 is 22.7 Å². The smallest absolute Gasteiger partial charge is 0.343 e. The van der Waals surface area contributed by atoms with Crippen LogP contribution in [0.5, 0.6) is 11.5 Å².